The van der Waals surface area contributed by atoms with E-state index in [2.05, 4.69) is 15.5 Å². The molecule has 0 radical (unpaired) electrons. The lowest BCUT2D eigenvalue weighted by Crippen LogP contribution is -2.31. The summed E-state index contributed by atoms with van der Waals surface area (Å²) in [5, 5.41) is 11.2. The number of amides is 2. The normalized spacial score (nSPS) is 10.4. The van der Waals surface area contributed by atoms with Gasteiger partial charge in [-0.3, -0.25) is 19.5 Å². The second-order valence-corrected chi connectivity index (χ2v) is 6.18. The average molecular weight is 352 g/mol. The van der Waals surface area contributed by atoms with Crippen LogP contribution in [0.2, 0.25) is 0 Å². The molecular formula is C18H16N4O2S. The fourth-order valence-corrected chi connectivity index (χ4v) is 3.06. The minimum absolute atomic E-state index is 0.0730. The molecule has 1 N–H and O–H groups in total. The van der Waals surface area contributed by atoms with Crippen molar-refractivity contribution in [3.63, 3.8) is 0 Å². The van der Waals surface area contributed by atoms with Gasteiger partial charge in [0.15, 0.2) is 5.16 Å². The van der Waals surface area contributed by atoms with Gasteiger partial charge in [-0.15, -0.1) is 10.2 Å². The Kier molecular flexibility index (Phi) is 5.25. The summed E-state index contributed by atoms with van der Waals surface area (Å²) in [7, 11) is 0. The van der Waals surface area contributed by atoms with Crippen molar-refractivity contribution in [1.29, 1.82) is 0 Å². The Morgan fingerprint density at radius 1 is 1.00 bits per heavy atom. The number of imide groups is 1. The molecule has 0 aliphatic heterocycles. The van der Waals surface area contributed by atoms with Gasteiger partial charge in [0.25, 0.3) is 5.91 Å². The molecule has 1 aromatic heterocycles. The summed E-state index contributed by atoms with van der Waals surface area (Å²) in [6, 6.07) is 18.3. The van der Waals surface area contributed by atoms with Crippen LogP contribution in [-0.2, 0) is 4.79 Å². The number of aryl methyl sites for hydroxylation is 1. The predicted octanol–water partition coefficient (Wildman–Crippen LogP) is 2.62. The van der Waals surface area contributed by atoms with Gasteiger partial charge in [0, 0.05) is 11.3 Å². The number of hydrogen-bond donors (Lipinski definition) is 1. The number of aromatic nitrogens is 3. The summed E-state index contributed by atoms with van der Waals surface area (Å²) in [6.45, 7) is 1.85. The van der Waals surface area contributed by atoms with Crippen molar-refractivity contribution in [2.75, 3.05) is 5.75 Å². The number of para-hydroxylation sites is 1. The van der Waals surface area contributed by atoms with Gasteiger partial charge in [-0.1, -0.05) is 48.2 Å². The van der Waals surface area contributed by atoms with E-state index in [4.69, 9.17) is 0 Å². The lowest BCUT2D eigenvalue weighted by atomic mass is 10.2. The molecule has 0 bridgehead atoms. The Hall–Kier alpha value is -2.93. The van der Waals surface area contributed by atoms with Gasteiger partial charge in [-0.2, -0.15) is 0 Å². The molecule has 0 atom stereocenters. The van der Waals surface area contributed by atoms with Crippen LogP contribution in [0, 0.1) is 6.92 Å². The average Bonchev–Trinajstić information content (AvgIpc) is 3.02. The molecule has 0 spiro atoms. The van der Waals surface area contributed by atoms with E-state index >= 15 is 0 Å². The Bertz CT molecular complexity index is 879. The van der Waals surface area contributed by atoms with Gasteiger partial charge in [0.05, 0.1) is 5.75 Å². The monoisotopic (exact) mass is 352 g/mol. The number of carbonyl (C=O) groups is 2. The number of carbonyl (C=O) groups excluding carboxylic acids is 2. The van der Waals surface area contributed by atoms with E-state index in [-0.39, 0.29) is 11.7 Å². The fourth-order valence-electron chi connectivity index (χ4n) is 2.27. The summed E-state index contributed by atoms with van der Waals surface area (Å²) in [6.07, 6.45) is 0. The Labute approximate surface area is 149 Å². The van der Waals surface area contributed by atoms with Gasteiger partial charge < -0.3 is 0 Å². The maximum Gasteiger partial charge on any atom is 0.257 e. The zero-order valence-electron chi connectivity index (χ0n) is 13.5. The van der Waals surface area contributed by atoms with E-state index in [0.29, 0.717) is 10.7 Å². The summed E-state index contributed by atoms with van der Waals surface area (Å²) >= 11 is 1.23. The highest BCUT2D eigenvalue weighted by molar-refractivity contribution is 7.99. The van der Waals surface area contributed by atoms with Crippen LogP contribution < -0.4 is 5.32 Å². The molecule has 0 aliphatic carbocycles. The molecule has 3 aromatic rings. The van der Waals surface area contributed by atoms with Crippen LogP contribution in [0.4, 0.5) is 0 Å². The summed E-state index contributed by atoms with van der Waals surface area (Å²) in [4.78, 5) is 24.0. The van der Waals surface area contributed by atoms with E-state index in [0.717, 1.165) is 11.5 Å². The van der Waals surface area contributed by atoms with Crippen molar-refractivity contribution in [1.82, 2.24) is 20.1 Å². The molecule has 2 aromatic carbocycles. The lowest BCUT2D eigenvalue weighted by molar-refractivity contribution is -0.117. The third-order valence-corrected chi connectivity index (χ3v) is 4.36. The maximum atomic E-state index is 12.0. The highest BCUT2D eigenvalue weighted by atomic mass is 32.2. The first kappa shape index (κ1) is 16.9. The zero-order valence-corrected chi connectivity index (χ0v) is 14.4. The molecule has 3 rings (SSSR count). The second-order valence-electron chi connectivity index (χ2n) is 5.23. The zero-order chi connectivity index (χ0) is 17.6. The Morgan fingerprint density at radius 3 is 2.32 bits per heavy atom. The summed E-state index contributed by atoms with van der Waals surface area (Å²) < 4.78 is 1.87. The maximum absolute atomic E-state index is 12.0. The van der Waals surface area contributed by atoms with Gasteiger partial charge in [0.2, 0.25) is 5.91 Å². The summed E-state index contributed by atoms with van der Waals surface area (Å²) in [5.41, 5.74) is 1.37. The van der Waals surface area contributed by atoms with Gasteiger partial charge >= 0.3 is 0 Å². The van der Waals surface area contributed by atoms with Gasteiger partial charge in [-0.25, -0.2) is 0 Å². The van der Waals surface area contributed by atoms with Gasteiger partial charge in [-0.05, 0) is 31.2 Å². The summed E-state index contributed by atoms with van der Waals surface area (Å²) in [5.74, 6) is 0.0179. The molecule has 0 saturated carbocycles. The largest absolute Gasteiger partial charge is 0.292 e. The highest BCUT2D eigenvalue weighted by Crippen LogP contribution is 2.21. The number of benzene rings is 2. The molecule has 2 amide bonds. The number of hydrogen-bond acceptors (Lipinski definition) is 5. The minimum atomic E-state index is -0.410. The SMILES string of the molecule is Cc1nnc(SCC(=O)NC(=O)c2ccccc2)n1-c1ccccc1. The number of nitrogens with zero attached hydrogens (tertiary/aromatic N) is 3. The number of nitrogens with one attached hydrogen (secondary N) is 1. The fraction of sp³-hybridized carbons (Fsp3) is 0.111. The molecule has 0 aliphatic rings. The van der Waals surface area contributed by atoms with Crippen LogP contribution in [0.5, 0.6) is 0 Å². The van der Waals surface area contributed by atoms with Crippen molar-refractivity contribution in [2.24, 2.45) is 0 Å². The van der Waals surface area contributed by atoms with E-state index in [1.54, 1.807) is 24.3 Å². The molecule has 126 valence electrons. The second kappa shape index (κ2) is 7.76. The van der Waals surface area contributed by atoms with Crippen LogP contribution in [0.3, 0.4) is 0 Å². The first-order valence-electron chi connectivity index (χ1n) is 7.64. The van der Waals surface area contributed by atoms with E-state index in [1.807, 2.05) is 47.9 Å². The van der Waals surface area contributed by atoms with Crippen molar-refractivity contribution in [2.45, 2.75) is 12.1 Å². The van der Waals surface area contributed by atoms with E-state index in [9.17, 15) is 9.59 Å². The quantitative estimate of drug-likeness (QED) is 0.714. The molecule has 1 heterocycles. The molecule has 6 nitrogen and oxygen atoms in total. The van der Waals surface area contributed by atoms with Crippen molar-refractivity contribution < 1.29 is 9.59 Å². The molecule has 0 fully saturated rings. The van der Waals surface area contributed by atoms with Crippen LogP contribution in [0.25, 0.3) is 5.69 Å². The lowest BCUT2D eigenvalue weighted by Gasteiger charge is -2.08. The van der Waals surface area contributed by atoms with Gasteiger partial charge in [0.1, 0.15) is 5.82 Å². The molecule has 0 unspecified atom stereocenters. The number of thioether (sulfide) groups is 1. The van der Waals surface area contributed by atoms with Crippen molar-refractivity contribution >= 4 is 23.6 Å². The van der Waals surface area contributed by atoms with Crippen LogP contribution in [-0.4, -0.2) is 32.3 Å². The first-order valence-corrected chi connectivity index (χ1v) is 8.63. The van der Waals surface area contributed by atoms with E-state index in [1.165, 1.54) is 11.8 Å². The number of rotatable bonds is 5. The van der Waals surface area contributed by atoms with Crippen LogP contribution in [0.15, 0.2) is 65.8 Å². The molecule has 25 heavy (non-hydrogen) atoms. The molecular weight excluding hydrogens is 336 g/mol. The third-order valence-electron chi connectivity index (χ3n) is 3.43. The minimum Gasteiger partial charge on any atom is -0.292 e. The molecule has 0 saturated heterocycles. The van der Waals surface area contributed by atoms with Crippen molar-refractivity contribution in [3.05, 3.63) is 72.1 Å². The van der Waals surface area contributed by atoms with Crippen LogP contribution >= 0.6 is 11.8 Å². The smallest absolute Gasteiger partial charge is 0.257 e. The standard InChI is InChI=1S/C18H16N4O2S/c1-13-20-21-18(22(13)15-10-6-3-7-11-15)25-12-16(23)19-17(24)14-8-4-2-5-9-14/h2-11H,12H2,1H3,(H,19,23,24). The topological polar surface area (TPSA) is 76.9 Å². The Balaban J connectivity index is 1.65. The third kappa shape index (κ3) is 4.13. The Morgan fingerprint density at radius 2 is 1.64 bits per heavy atom. The first-order chi connectivity index (χ1) is 12.1. The predicted molar refractivity (Wildman–Crippen MR) is 95.7 cm³/mol. The van der Waals surface area contributed by atoms with Crippen molar-refractivity contribution in [3.8, 4) is 5.69 Å². The van der Waals surface area contributed by atoms with Crippen LogP contribution in [0.1, 0.15) is 16.2 Å². The van der Waals surface area contributed by atoms with E-state index < -0.39 is 5.91 Å². The molecule has 7 heteroatoms. The highest BCUT2D eigenvalue weighted by Gasteiger charge is 2.15.